The predicted octanol–water partition coefficient (Wildman–Crippen LogP) is 1.10. The second-order valence-corrected chi connectivity index (χ2v) is 3.91. The first-order chi connectivity index (χ1) is 8.61. The van der Waals surface area contributed by atoms with Crippen LogP contribution in [0.1, 0.15) is 5.56 Å². The minimum atomic E-state index is -1.06. The Morgan fingerprint density at radius 1 is 1.50 bits per heavy atom. The van der Waals surface area contributed by atoms with E-state index in [0.29, 0.717) is 5.75 Å². The molecular weight excluding hydrogens is 238 g/mol. The molecule has 96 valence electrons. The number of aliphatic carboxylic acids is 1. The number of rotatable bonds is 4. The van der Waals surface area contributed by atoms with Gasteiger partial charge in [-0.2, -0.15) is 0 Å². The van der Waals surface area contributed by atoms with Crippen LogP contribution in [-0.2, 0) is 16.1 Å². The van der Waals surface area contributed by atoms with E-state index in [2.05, 4.69) is 0 Å². The van der Waals surface area contributed by atoms with Crippen molar-refractivity contribution in [2.24, 2.45) is 0 Å². The molecule has 1 aliphatic rings. The Hall–Kier alpha value is -2.24. The van der Waals surface area contributed by atoms with Gasteiger partial charge >= 0.3 is 12.1 Å². The van der Waals surface area contributed by atoms with Crippen LogP contribution in [0.15, 0.2) is 24.3 Å². The van der Waals surface area contributed by atoms with Gasteiger partial charge in [0.15, 0.2) is 6.04 Å². The van der Waals surface area contributed by atoms with Gasteiger partial charge in [0, 0.05) is 0 Å². The smallest absolute Gasteiger partial charge is 0.411 e. The highest BCUT2D eigenvalue weighted by Crippen LogP contribution is 2.18. The van der Waals surface area contributed by atoms with Crippen molar-refractivity contribution in [3.63, 3.8) is 0 Å². The van der Waals surface area contributed by atoms with Crippen molar-refractivity contribution in [2.45, 2.75) is 12.6 Å². The fraction of sp³-hybridized carbons (Fsp3) is 0.333. The molecule has 0 spiro atoms. The lowest BCUT2D eigenvalue weighted by Gasteiger charge is -2.18. The van der Waals surface area contributed by atoms with E-state index in [4.69, 9.17) is 14.6 Å². The Labute approximate surface area is 104 Å². The maximum Gasteiger partial charge on any atom is 0.411 e. The Bertz CT molecular complexity index is 456. The number of hydrogen-bond acceptors (Lipinski definition) is 4. The van der Waals surface area contributed by atoms with E-state index in [1.54, 1.807) is 31.4 Å². The van der Waals surface area contributed by atoms with Gasteiger partial charge in [-0.3, -0.25) is 4.90 Å². The lowest BCUT2D eigenvalue weighted by Crippen LogP contribution is -2.38. The number of hydrogen-bond donors (Lipinski definition) is 1. The standard InChI is InChI=1S/C12H13NO5/c1-17-9-4-2-8(3-5-9)6-13-10(11(14)15)7-18-12(13)16/h2-5,10H,6-7H2,1H3,(H,14,15). The molecule has 0 saturated carbocycles. The molecule has 2 rings (SSSR count). The number of ether oxygens (including phenoxy) is 2. The van der Waals surface area contributed by atoms with E-state index in [-0.39, 0.29) is 13.2 Å². The largest absolute Gasteiger partial charge is 0.497 e. The molecule has 0 aliphatic carbocycles. The SMILES string of the molecule is COc1ccc(CN2C(=O)OCC2C(=O)O)cc1. The van der Waals surface area contributed by atoms with Crippen LogP contribution in [0.2, 0.25) is 0 Å². The third kappa shape index (κ3) is 2.37. The third-order valence-corrected chi connectivity index (χ3v) is 2.77. The minimum absolute atomic E-state index is 0.107. The van der Waals surface area contributed by atoms with Crippen molar-refractivity contribution in [3.8, 4) is 5.75 Å². The van der Waals surface area contributed by atoms with Crippen LogP contribution >= 0.6 is 0 Å². The molecule has 1 amide bonds. The number of carboxylic acids is 1. The first kappa shape index (κ1) is 12.2. The molecule has 6 heteroatoms. The van der Waals surface area contributed by atoms with Crippen LogP contribution in [0.25, 0.3) is 0 Å². The molecule has 1 N–H and O–H groups in total. The van der Waals surface area contributed by atoms with Crippen molar-refractivity contribution in [1.82, 2.24) is 4.90 Å². The summed E-state index contributed by atoms with van der Waals surface area (Å²) in [6.07, 6.45) is -0.599. The zero-order valence-corrected chi connectivity index (χ0v) is 9.83. The molecule has 18 heavy (non-hydrogen) atoms. The van der Waals surface area contributed by atoms with Crippen LogP contribution in [0.3, 0.4) is 0 Å². The predicted molar refractivity (Wildman–Crippen MR) is 61.3 cm³/mol. The molecule has 1 aliphatic heterocycles. The average molecular weight is 251 g/mol. The Balaban J connectivity index is 2.11. The van der Waals surface area contributed by atoms with Gasteiger partial charge in [-0.1, -0.05) is 12.1 Å². The van der Waals surface area contributed by atoms with Crippen LogP contribution < -0.4 is 4.74 Å². The van der Waals surface area contributed by atoms with Crippen LogP contribution in [0.4, 0.5) is 4.79 Å². The van der Waals surface area contributed by atoms with E-state index < -0.39 is 18.1 Å². The zero-order chi connectivity index (χ0) is 13.1. The summed E-state index contributed by atoms with van der Waals surface area (Å²) in [6, 6.07) is 6.16. The summed E-state index contributed by atoms with van der Waals surface area (Å²) in [5, 5.41) is 8.97. The number of carboxylic acid groups (broad SMARTS) is 1. The highest BCUT2D eigenvalue weighted by Gasteiger charge is 2.37. The highest BCUT2D eigenvalue weighted by atomic mass is 16.6. The summed E-state index contributed by atoms with van der Waals surface area (Å²) >= 11 is 0. The Morgan fingerprint density at radius 2 is 2.17 bits per heavy atom. The summed E-state index contributed by atoms with van der Waals surface area (Å²) < 4.78 is 9.76. The third-order valence-electron chi connectivity index (χ3n) is 2.77. The van der Waals surface area contributed by atoms with Crippen molar-refractivity contribution in [2.75, 3.05) is 13.7 Å². The molecule has 1 unspecified atom stereocenters. The maximum atomic E-state index is 11.4. The summed E-state index contributed by atoms with van der Waals surface area (Å²) in [6.45, 7) is 0.101. The summed E-state index contributed by atoms with van der Waals surface area (Å²) in [5.41, 5.74) is 0.820. The molecule has 1 aromatic carbocycles. The van der Waals surface area contributed by atoms with Crippen molar-refractivity contribution >= 4 is 12.1 Å². The van der Waals surface area contributed by atoms with Gasteiger partial charge in [0.25, 0.3) is 0 Å². The van der Waals surface area contributed by atoms with Crippen LogP contribution in [0, 0.1) is 0 Å². The first-order valence-electron chi connectivity index (χ1n) is 5.41. The molecule has 1 saturated heterocycles. The lowest BCUT2D eigenvalue weighted by atomic mass is 10.2. The molecule has 0 bridgehead atoms. The minimum Gasteiger partial charge on any atom is -0.497 e. The molecule has 0 aromatic heterocycles. The number of cyclic esters (lactones) is 1. The Morgan fingerprint density at radius 3 is 2.72 bits per heavy atom. The normalized spacial score (nSPS) is 18.6. The fourth-order valence-corrected chi connectivity index (χ4v) is 1.76. The number of benzene rings is 1. The molecule has 6 nitrogen and oxygen atoms in total. The van der Waals surface area contributed by atoms with Gasteiger partial charge in [-0.05, 0) is 17.7 Å². The van der Waals surface area contributed by atoms with Gasteiger partial charge in [-0.25, -0.2) is 9.59 Å². The topological polar surface area (TPSA) is 76.1 Å². The highest BCUT2D eigenvalue weighted by molar-refractivity contribution is 5.82. The molecule has 1 fully saturated rings. The number of carbonyl (C=O) groups excluding carboxylic acids is 1. The second-order valence-electron chi connectivity index (χ2n) is 3.91. The van der Waals surface area contributed by atoms with Gasteiger partial charge in [-0.15, -0.1) is 0 Å². The number of methoxy groups -OCH3 is 1. The zero-order valence-electron chi connectivity index (χ0n) is 9.83. The van der Waals surface area contributed by atoms with E-state index in [0.717, 1.165) is 5.56 Å². The van der Waals surface area contributed by atoms with Gasteiger partial charge < -0.3 is 14.6 Å². The molecule has 1 atom stereocenters. The summed E-state index contributed by atoms with van der Waals surface area (Å²) in [7, 11) is 1.56. The van der Waals surface area contributed by atoms with E-state index >= 15 is 0 Å². The Kier molecular flexibility index (Phi) is 3.36. The van der Waals surface area contributed by atoms with Crippen LogP contribution in [-0.4, -0.2) is 41.8 Å². The van der Waals surface area contributed by atoms with E-state index in [9.17, 15) is 9.59 Å². The fourth-order valence-electron chi connectivity index (χ4n) is 1.76. The van der Waals surface area contributed by atoms with Gasteiger partial charge in [0.05, 0.1) is 13.7 Å². The van der Waals surface area contributed by atoms with Crippen LogP contribution in [0.5, 0.6) is 5.75 Å². The molecule has 1 aromatic rings. The number of carbonyl (C=O) groups is 2. The van der Waals surface area contributed by atoms with E-state index in [1.165, 1.54) is 4.90 Å². The maximum absolute atomic E-state index is 11.4. The first-order valence-corrected chi connectivity index (χ1v) is 5.41. The van der Waals surface area contributed by atoms with E-state index in [1.807, 2.05) is 0 Å². The van der Waals surface area contributed by atoms with Crippen molar-refractivity contribution < 1.29 is 24.2 Å². The molecule has 1 heterocycles. The molecule has 0 radical (unpaired) electrons. The average Bonchev–Trinajstić information content (AvgIpc) is 2.72. The van der Waals surface area contributed by atoms with Gasteiger partial charge in [0.1, 0.15) is 12.4 Å². The quantitative estimate of drug-likeness (QED) is 0.867. The number of nitrogens with zero attached hydrogens (tertiary/aromatic N) is 1. The summed E-state index contributed by atoms with van der Waals surface area (Å²) in [5.74, 6) is -0.355. The van der Waals surface area contributed by atoms with Crippen molar-refractivity contribution in [3.05, 3.63) is 29.8 Å². The number of amides is 1. The van der Waals surface area contributed by atoms with Crippen molar-refractivity contribution in [1.29, 1.82) is 0 Å². The summed E-state index contributed by atoms with van der Waals surface area (Å²) in [4.78, 5) is 23.6. The lowest BCUT2D eigenvalue weighted by molar-refractivity contribution is -0.141. The monoisotopic (exact) mass is 251 g/mol. The molecular formula is C12H13NO5. The van der Waals surface area contributed by atoms with Gasteiger partial charge in [0.2, 0.25) is 0 Å². The second kappa shape index (κ2) is 4.95.